The molecule has 0 radical (unpaired) electrons. The van der Waals surface area contributed by atoms with Crippen LogP contribution in [0.2, 0.25) is 10.0 Å². The van der Waals surface area contributed by atoms with Crippen molar-refractivity contribution in [2.45, 2.75) is 13.0 Å². The maximum absolute atomic E-state index is 6.21. The summed E-state index contributed by atoms with van der Waals surface area (Å²) in [6.07, 6.45) is 0. The Balaban J connectivity index is 2.22. The zero-order valence-corrected chi connectivity index (χ0v) is 12.8. The fourth-order valence-corrected chi connectivity index (χ4v) is 2.58. The molecule has 0 aromatic heterocycles. The molecule has 106 valence electrons. The Morgan fingerprint density at radius 3 is 2.55 bits per heavy atom. The molecule has 3 nitrogen and oxygen atoms in total. The topological polar surface area (TPSA) is 47.3 Å². The third-order valence-corrected chi connectivity index (χ3v) is 3.54. The van der Waals surface area contributed by atoms with Gasteiger partial charge in [0.15, 0.2) is 0 Å². The van der Waals surface area contributed by atoms with Crippen molar-refractivity contribution in [3.05, 3.63) is 52.0 Å². The molecule has 0 bridgehead atoms. The first kappa shape index (κ1) is 14.8. The van der Waals surface area contributed by atoms with E-state index in [1.807, 2.05) is 31.2 Å². The van der Waals surface area contributed by atoms with Crippen LogP contribution in [0.4, 0.5) is 11.4 Å². The van der Waals surface area contributed by atoms with Crippen molar-refractivity contribution < 1.29 is 4.74 Å². The molecule has 2 aromatic carbocycles. The van der Waals surface area contributed by atoms with Crippen molar-refractivity contribution in [3.8, 4) is 5.75 Å². The van der Waals surface area contributed by atoms with E-state index in [9.17, 15) is 0 Å². The molecule has 0 amide bonds. The van der Waals surface area contributed by atoms with Crippen molar-refractivity contribution in [1.82, 2.24) is 0 Å². The molecular weight excluding hydrogens is 295 g/mol. The van der Waals surface area contributed by atoms with Gasteiger partial charge in [0.1, 0.15) is 5.75 Å². The normalized spacial score (nSPS) is 12.0. The van der Waals surface area contributed by atoms with Crippen LogP contribution < -0.4 is 15.8 Å². The molecule has 5 heteroatoms. The Morgan fingerprint density at radius 2 is 1.90 bits per heavy atom. The third-order valence-electron chi connectivity index (χ3n) is 2.98. The van der Waals surface area contributed by atoms with Crippen LogP contribution in [0.3, 0.4) is 0 Å². The highest BCUT2D eigenvalue weighted by Gasteiger charge is 2.11. The second-order valence-electron chi connectivity index (χ2n) is 4.53. The first-order valence-corrected chi connectivity index (χ1v) is 6.91. The van der Waals surface area contributed by atoms with E-state index in [0.717, 1.165) is 11.3 Å². The van der Waals surface area contributed by atoms with Crippen LogP contribution in [0.25, 0.3) is 0 Å². The van der Waals surface area contributed by atoms with Gasteiger partial charge in [-0.05, 0) is 30.7 Å². The lowest BCUT2D eigenvalue weighted by Gasteiger charge is -2.18. The monoisotopic (exact) mass is 310 g/mol. The number of hydrogen-bond donors (Lipinski definition) is 2. The zero-order chi connectivity index (χ0) is 14.7. The molecule has 3 N–H and O–H groups in total. The average molecular weight is 311 g/mol. The molecule has 0 saturated heterocycles. The second-order valence-corrected chi connectivity index (χ2v) is 5.37. The maximum Gasteiger partial charge on any atom is 0.122 e. The predicted molar refractivity (Wildman–Crippen MR) is 85.9 cm³/mol. The van der Waals surface area contributed by atoms with Crippen molar-refractivity contribution >= 4 is 34.6 Å². The van der Waals surface area contributed by atoms with Crippen LogP contribution in [-0.4, -0.2) is 7.11 Å². The number of benzene rings is 2. The number of halogens is 2. The Kier molecular flexibility index (Phi) is 4.63. The number of anilines is 2. The standard InChI is InChI=1S/C15H16Cl2N2O/c1-9(14-4-3-10(16)5-15(14)17)19-12-6-11(18)7-13(8-12)20-2/h3-9,19H,18H2,1-2H3. The molecule has 1 unspecified atom stereocenters. The lowest BCUT2D eigenvalue weighted by atomic mass is 10.1. The van der Waals surface area contributed by atoms with Crippen LogP contribution in [0.1, 0.15) is 18.5 Å². The molecule has 20 heavy (non-hydrogen) atoms. The SMILES string of the molecule is COc1cc(N)cc(NC(C)c2ccc(Cl)cc2Cl)c1. The quantitative estimate of drug-likeness (QED) is 0.801. The lowest BCUT2D eigenvalue weighted by Crippen LogP contribution is -2.07. The Labute approximate surface area is 128 Å². The zero-order valence-electron chi connectivity index (χ0n) is 11.3. The van der Waals surface area contributed by atoms with Gasteiger partial charge in [-0.15, -0.1) is 0 Å². The van der Waals surface area contributed by atoms with Crippen molar-refractivity contribution in [2.75, 3.05) is 18.2 Å². The summed E-state index contributed by atoms with van der Waals surface area (Å²) in [7, 11) is 1.61. The van der Waals surface area contributed by atoms with E-state index in [-0.39, 0.29) is 6.04 Å². The van der Waals surface area contributed by atoms with E-state index in [4.69, 9.17) is 33.7 Å². The van der Waals surface area contributed by atoms with Crippen LogP contribution in [0.15, 0.2) is 36.4 Å². The molecule has 2 rings (SSSR count). The van der Waals surface area contributed by atoms with Gasteiger partial charge in [-0.3, -0.25) is 0 Å². The minimum Gasteiger partial charge on any atom is -0.497 e. The minimum atomic E-state index is 0.0197. The highest BCUT2D eigenvalue weighted by molar-refractivity contribution is 6.35. The first-order valence-electron chi connectivity index (χ1n) is 6.15. The Hall–Kier alpha value is -1.58. The van der Waals surface area contributed by atoms with Crippen LogP contribution >= 0.6 is 23.2 Å². The predicted octanol–water partition coefficient (Wildman–Crippen LogP) is 4.76. The number of nitrogen functional groups attached to an aromatic ring is 1. The van der Waals surface area contributed by atoms with Crippen LogP contribution in [0, 0.1) is 0 Å². The van der Waals surface area contributed by atoms with Crippen molar-refractivity contribution in [1.29, 1.82) is 0 Å². The summed E-state index contributed by atoms with van der Waals surface area (Å²) >= 11 is 12.1. The number of nitrogens with two attached hydrogens (primary N) is 1. The van der Waals surface area contributed by atoms with E-state index in [2.05, 4.69) is 5.32 Å². The minimum absolute atomic E-state index is 0.0197. The molecule has 0 aliphatic heterocycles. The highest BCUT2D eigenvalue weighted by Crippen LogP contribution is 2.30. The lowest BCUT2D eigenvalue weighted by molar-refractivity contribution is 0.415. The average Bonchev–Trinajstić information content (AvgIpc) is 2.37. The molecule has 0 saturated carbocycles. The number of methoxy groups -OCH3 is 1. The van der Waals surface area contributed by atoms with Gasteiger partial charge >= 0.3 is 0 Å². The molecule has 2 aromatic rings. The number of nitrogens with one attached hydrogen (secondary N) is 1. The number of rotatable bonds is 4. The van der Waals surface area contributed by atoms with Gasteiger partial charge in [-0.25, -0.2) is 0 Å². The van der Waals surface area contributed by atoms with Crippen molar-refractivity contribution in [3.63, 3.8) is 0 Å². The van der Waals surface area contributed by atoms with Gasteiger partial charge in [-0.2, -0.15) is 0 Å². The van der Waals surface area contributed by atoms with Gasteiger partial charge in [0, 0.05) is 39.6 Å². The Bertz CT molecular complexity index is 617. The van der Waals surface area contributed by atoms with Gasteiger partial charge in [0.05, 0.1) is 7.11 Å². The summed E-state index contributed by atoms with van der Waals surface area (Å²) in [5, 5.41) is 4.60. The van der Waals surface area contributed by atoms with E-state index in [0.29, 0.717) is 21.5 Å². The maximum atomic E-state index is 6.21. The summed E-state index contributed by atoms with van der Waals surface area (Å²) in [5.74, 6) is 0.710. The summed E-state index contributed by atoms with van der Waals surface area (Å²) < 4.78 is 5.20. The van der Waals surface area contributed by atoms with Crippen LogP contribution in [0.5, 0.6) is 5.75 Å². The van der Waals surface area contributed by atoms with Gasteiger partial charge in [-0.1, -0.05) is 29.3 Å². The van der Waals surface area contributed by atoms with E-state index >= 15 is 0 Å². The summed E-state index contributed by atoms with van der Waals surface area (Å²) in [4.78, 5) is 0. The third kappa shape index (κ3) is 3.50. The van der Waals surface area contributed by atoms with Gasteiger partial charge < -0.3 is 15.8 Å². The molecule has 0 aliphatic rings. The molecule has 0 aliphatic carbocycles. The van der Waals surface area contributed by atoms with E-state index in [1.165, 1.54) is 0 Å². The number of ether oxygens (including phenoxy) is 1. The van der Waals surface area contributed by atoms with Crippen LogP contribution in [-0.2, 0) is 0 Å². The van der Waals surface area contributed by atoms with Gasteiger partial charge in [0.25, 0.3) is 0 Å². The first-order chi connectivity index (χ1) is 9.49. The smallest absolute Gasteiger partial charge is 0.122 e. The summed E-state index contributed by atoms with van der Waals surface area (Å²) in [5.41, 5.74) is 8.32. The van der Waals surface area contributed by atoms with E-state index < -0.39 is 0 Å². The molecular formula is C15H16Cl2N2O. The molecule has 0 heterocycles. The van der Waals surface area contributed by atoms with E-state index in [1.54, 1.807) is 19.2 Å². The molecule has 1 atom stereocenters. The fraction of sp³-hybridized carbons (Fsp3) is 0.200. The second kappa shape index (κ2) is 6.25. The summed E-state index contributed by atoms with van der Waals surface area (Å²) in [6.45, 7) is 2.02. The summed E-state index contributed by atoms with van der Waals surface area (Å²) in [6, 6.07) is 11.0. The largest absolute Gasteiger partial charge is 0.497 e. The van der Waals surface area contributed by atoms with Crippen molar-refractivity contribution in [2.24, 2.45) is 0 Å². The highest BCUT2D eigenvalue weighted by atomic mass is 35.5. The molecule has 0 spiro atoms. The fourth-order valence-electron chi connectivity index (χ4n) is 2.00. The van der Waals surface area contributed by atoms with Gasteiger partial charge in [0.2, 0.25) is 0 Å². The number of hydrogen-bond acceptors (Lipinski definition) is 3. The Morgan fingerprint density at radius 1 is 1.15 bits per heavy atom. The molecule has 0 fully saturated rings.